The van der Waals surface area contributed by atoms with Gasteiger partial charge in [-0.3, -0.25) is 0 Å². The molecule has 1 heterocycles. The monoisotopic (exact) mass is 221 g/mol. The van der Waals surface area contributed by atoms with Gasteiger partial charge in [0.05, 0.1) is 0 Å². The van der Waals surface area contributed by atoms with Gasteiger partial charge in [0.2, 0.25) is 0 Å². The second kappa shape index (κ2) is 5.02. The fourth-order valence-electron chi connectivity index (χ4n) is 2.54. The summed E-state index contributed by atoms with van der Waals surface area (Å²) in [7, 11) is 6.44. The number of nitrogens with zero attached hydrogens (tertiary/aromatic N) is 2. The van der Waals surface area contributed by atoms with Gasteiger partial charge in [-0.2, -0.15) is 0 Å². The highest BCUT2D eigenvalue weighted by Crippen LogP contribution is 2.22. The predicted octanol–water partition coefficient (Wildman–Crippen LogP) is 1.60. The van der Waals surface area contributed by atoms with E-state index in [2.05, 4.69) is 54.4 Å². The molecule has 1 N–H and O–H groups in total. The zero-order valence-electron chi connectivity index (χ0n) is 10.6. The molecule has 2 rings (SSSR count). The van der Waals surface area contributed by atoms with Gasteiger partial charge >= 0.3 is 0 Å². The third-order valence-corrected chi connectivity index (χ3v) is 3.62. The smallest absolute Gasteiger partial charge is 0.0223 e. The molecule has 0 aliphatic heterocycles. The summed E-state index contributed by atoms with van der Waals surface area (Å²) in [5, 5.41) is 3.66. The van der Waals surface area contributed by atoms with E-state index in [1.165, 1.54) is 24.8 Å². The zero-order chi connectivity index (χ0) is 11.5. The lowest BCUT2D eigenvalue weighted by Crippen LogP contribution is -2.30. The van der Waals surface area contributed by atoms with Crippen molar-refractivity contribution in [2.45, 2.75) is 37.9 Å². The van der Waals surface area contributed by atoms with Gasteiger partial charge in [-0.1, -0.05) is 0 Å². The second-order valence-corrected chi connectivity index (χ2v) is 5.19. The molecule has 0 radical (unpaired) electrons. The first-order chi connectivity index (χ1) is 7.65. The molecule has 1 fully saturated rings. The molecule has 2 atom stereocenters. The summed E-state index contributed by atoms with van der Waals surface area (Å²) in [6.45, 7) is 1.01. The van der Waals surface area contributed by atoms with Gasteiger partial charge in [0.1, 0.15) is 0 Å². The molecule has 16 heavy (non-hydrogen) atoms. The molecule has 1 aromatic rings. The molecule has 0 spiro atoms. The first-order valence-corrected chi connectivity index (χ1v) is 6.16. The van der Waals surface area contributed by atoms with Crippen LogP contribution in [0, 0.1) is 0 Å². The maximum atomic E-state index is 3.66. The largest absolute Gasteiger partial charge is 0.357 e. The Balaban J connectivity index is 1.75. The van der Waals surface area contributed by atoms with Crippen molar-refractivity contribution in [3.8, 4) is 0 Å². The summed E-state index contributed by atoms with van der Waals surface area (Å²) in [6, 6.07) is 3.66. The molecule has 1 saturated carbocycles. The van der Waals surface area contributed by atoms with Crippen molar-refractivity contribution < 1.29 is 0 Å². The Hall–Kier alpha value is -0.800. The van der Waals surface area contributed by atoms with Crippen molar-refractivity contribution in [3.63, 3.8) is 0 Å². The Bertz CT molecular complexity index is 330. The van der Waals surface area contributed by atoms with Gasteiger partial charge < -0.3 is 14.8 Å². The molecule has 1 aliphatic carbocycles. The summed E-state index contributed by atoms with van der Waals surface area (Å²) in [5.74, 6) is 0. The van der Waals surface area contributed by atoms with Crippen LogP contribution in [0.4, 0.5) is 0 Å². The van der Waals surface area contributed by atoms with Crippen LogP contribution in [0.2, 0.25) is 0 Å². The molecular formula is C13H23N3. The van der Waals surface area contributed by atoms with E-state index >= 15 is 0 Å². The SMILES string of the molecule is CN(C)C1CCC(NCc2ccn(C)c2)C1. The van der Waals surface area contributed by atoms with Crippen LogP contribution >= 0.6 is 0 Å². The minimum Gasteiger partial charge on any atom is -0.357 e. The van der Waals surface area contributed by atoms with Crippen molar-refractivity contribution in [2.75, 3.05) is 14.1 Å². The Morgan fingerprint density at radius 3 is 2.81 bits per heavy atom. The summed E-state index contributed by atoms with van der Waals surface area (Å²) >= 11 is 0. The van der Waals surface area contributed by atoms with Crippen molar-refractivity contribution in [1.82, 2.24) is 14.8 Å². The van der Waals surface area contributed by atoms with Crippen molar-refractivity contribution in [1.29, 1.82) is 0 Å². The maximum absolute atomic E-state index is 3.66. The van der Waals surface area contributed by atoms with E-state index in [4.69, 9.17) is 0 Å². The third kappa shape index (κ3) is 2.86. The van der Waals surface area contributed by atoms with Gasteiger partial charge in [-0.25, -0.2) is 0 Å². The molecule has 1 aromatic heterocycles. The molecule has 90 valence electrons. The number of hydrogen-bond donors (Lipinski definition) is 1. The first kappa shape index (κ1) is 11.7. The maximum Gasteiger partial charge on any atom is 0.0223 e. The topological polar surface area (TPSA) is 20.2 Å². The fourth-order valence-corrected chi connectivity index (χ4v) is 2.54. The van der Waals surface area contributed by atoms with E-state index in [0.29, 0.717) is 6.04 Å². The highest BCUT2D eigenvalue weighted by Gasteiger charge is 2.25. The number of hydrogen-bond acceptors (Lipinski definition) is 2. The fraction of sp³-hybridized carbons (Fsp3) is 0.692. The lowest BCUT2D eigenvalue weighted by Gasteiger charge is -2.19. The summed E-state index contributed by atoms with van der Waals surface area (Å²) < 4.78 is 2.11. The Morgan fingerprint density at radius 2 is 2.25 bits per heavy atom. The quantitative estimate of drug-likeness (QED) is 0.833. The standard InChI is InChI=1S/C13H23N3/c1-15(2)13-5-4-12(8-13)14-9-11-6-7-16(3)10-11/h6-7,10,12-14H,4-5,8-9H2,1-3H3. The van der Waals surface area contributed by atoms with E-state index < -0.39 is 0 Å². The Labute approximate surface area is 98.4 Å². The van der Waals surface area contributed by atoms with Crippen molar-refractivity contribution in [2.24, 2.45) is 7.05 Å². The molecule has 3 nitrogen and oxygen atoms in total. The number of rotatable bonds is 4. The third-order valence-electron chi connectivity index (χ3n) is 3.62. The van der Waals surface area contributed by atoms with Crippen LogP contribution in [0.25, 0.3) is 0 Å². The van der Waals surface area contributed by atoms with Crippen molar-refractivity contribution >= 4 is 0 Å². The number of nitrogens with one attached hydrogen (secondary N) is 1. The Kier molecular flexibility index (Phi) is 3.66. The minimum atomic E-state index is 0.701. The van der Waals surface area contributed by atoms with E-state index in [1.807, 2.05) is 0 Å². The average Bonchev–Trinajstić information content (AvgIpc) is 2.83. The molecule has 2 unspecified atom stereocenters. The van der Waals surface area contributed by atoms with Gasteiger partial charge in [0.15, 0.2) is 0 Å². The van der Waals surface area contributed by atoms with Gasteiger partial charge in [0.25, 0.3) is 0 Å². The van der Waals surface area contributed by atoms with Crippen LogP contribution in [0.3, 0.4) is 0 Å². The van der Waals surface area contributed by atoms with Crippen LogP contribution < -0.4 is 5.32 Å². The molecule has 0 aromatic carbocycles. The molecule has 1 aliphatic rings. The minimum absolute atomic E-state index is 0.701. The van der Waals surface area contributed by atoms with Crippen LogP contribution in [-0.4, -0.2) is 35.6 Å². The normalized spacial score (nSPS) is 25.5. The van der Waals surface area contributed by atoms with Gasteiger partial charge in [-0.05, 0) is 45.0 Å². The van der Waals surface area contributed by atoms with E-state index in [1.54, 1.807) is 0 Å². The van der Waals surface area contributed by atoms with Crippen LogP contribution in [-0.2, 0) is 13.6 Å². The number of aryl methyl sites for hydroxylation is 1. The van der Waals surface area contributed by atoms with E-state index in [-0.39, 0.29) is 0 Å². The van der Waals surface area contributed by atoms with Crippen LogP contribution in [0.5, 0.6) is 0 Å². The van der Waals surface area contributed by atoms with E-state index in [9.17, 15) is 0 Å². The summed E-state index contributed by atoms with van der Waals surface area (Å²) in [6.07, 6.45) is 8.23. The average molecular weight is 221 g/mol. The van der Waals surface area contributed by atoms with Gasteiger partial charge in [0, 0.05) is 38.1 Å². The molecular weight excluding hydrogens is 198 g/mol. The zero-order valence-corrected chi connectivity index (χ0v) is 10.6. The predicted molar refractivity (Wildman–Crippen MR) is 67.4 cm³/mol. The Morgan fingerprint density at radius 1 is 1.44 bits per heavy atom. The van der Waals surface area contributed by atoms with Crippen LogP contribution in [0.1, 0.15) is 24.8 Å². The van der Waals surface area contributed by atoms with E-state index in [0.717, 1.165) is 12.6 Å². The highest BCUT2D eigenvalue weighted by molar-refractivity contribution is 5.09. The summed E-state index contributed by atoms with van der Waals surface area (Å²) in [5.41, 5.74) is 1.39. The molecule has 0 saturated heterocycles. The lowest BCUT2D eigenvalue weighted by atomic mass is 10.2. The summed E-state index contributed by atoms with van der Waals surface area (Å²) in [4.78, 5) is 2.35. The molecule has 0 bridgehead atoms. The lowest BCUT2D eigenvalue weighted by molar-refractivity contribution is 0.293. The highest BCUT2D eigenvalue weighted by atomic mass is 15.1. The van der Waals surface area contributed by atoms with Crippen molar-refractivity contribution in [3.05, 3.63) is 24.0 Å². The molecule has 3 heteroatoms. The molecule has 0 amide bonds. The first-order valence-electron chi connectivity index (χ1n) is 6.16. The second-order valence-electron chi connectivity index (χ2n) is 5.19. The number of aromatic nitrogens is 1. The van der Waals surface area contributed by atoms with Gasteiger partial charge in [-0.15, -0.1) is 0 Å². The van der Waals surface area contributed by atoms with Crippen LogP contribution in [0.15, 0.2) is 18.5 Å².